The normalized spacial score (nSPS) is 19.1. The van der Waals surface area contributed by atoms with Crippen LogP contribution in [0.1, 0.15) is 32.6 Å². The topological polar surface area (TPSA) is 40.5 Å². The Balaban J connectivity index is 2.25. The van der Waals surface area contributed by atoms with Crippen molar-refractivity contribution in [3.63, 3.8) is 0 Å². The van der Waals surface area contributed by atoms with Gasteiger partial charge in [0.25, 0.3) is 0 Å². The molecule has 0 radical (unpaired) electrons. The first-order valence-electron chi connectivity index (χ1n) is 5.37. The summed E-state index contributed by atoms with van der Waals surface area (Å²) in [6, 6.07) is 0. The number of hydrogen-bond donors (Lipinski definition) is 1. The molecular formula is C11H19NO2. The molecule has 3 nitrogen and oxygen atoms in total. The molecule has 1 N–H and O–H groups in total. The van der Waals surface area contributed by atoms with Crippen LogP contribution in [0, 0.1) is 5.92 Å². The SMILES string of the molecule is CCCC1CCN(C=CC(=O)O)CC1. The molecular weight excluding hydrogens is 178 g/mol. The number of hydrogen-bond acceptors (Lipinski definition) is 2. The van der Waals surface area contributed by atoms with Crippen molar-refractivity contribution >= 4 is 5.97 Å². The number of piperidine rings is 1. The molecule has 0 aromatic heterocycles. The highest BCUT2D eigenvalue weighted by atomic mass is 16.4. The van der Waals surface area contributed by atoms with E-state index >= 15 is 0 Å². The van der Waals surface area contributed by atoms with E-state index in [1.165, 1.54) is 31.8 Å². The maximum absolute atomic E-state index is 10.3. The smallest absolute Gasteiger partial charge is 0.329 e. The van der Waals surface area contributed by atoms with Crippen molar-refractivity contribution < 1.29 is 9.90 Å². The third-order valence-electron chi connectivity index (χ3n) is 2.77. The summed E-state index contributed by atoms with van der Waals surface area (Å²) in [6.45, 7) is 4.24. The first-order valence-corrected chi connectivity index (χ1v) is 5.37. The molecule has 1 heterocycles. The maximum Gasteiger partial charge on any atom is 0.329 e. The molecule has 0 bridgehead atoms. The van der Waals surface area contributed by atoms with E-state index in [9.17, 15) is 4.79 Å². The molecule has 0 aromatic carbocycles. The molecule has 1 rings (SSSR count). The maximum atomic E-state index is 10.3. The van der Waals surface area contributed by atoms with Gasteiger partial charge in [0.15, 0.2) is 0 Å². The number of likely N-dealkylation sites (tertiary alicyclic amines) is 1. The minimum Gasteiger partial charge on any atom is -0.478 e. The molecule has 0 aliphatic carbocycles. The fourth-order valence-corrected chi connectivity index (χ4v) is 1.97. The van der Waals surface area contributed by atoms with Crippen LogP contribution in [0.3, 0.4) is 0 Å². The quantitative estimate of drug-likeness (QED) is 0.702. The Morgan fingerprint density at radius 1 is 1.50 bits per heavy atom. The molecule has 1 saturated heterocycles. The number of carbonyl (C=O) groups is 1. The molecule has 1 aliphatic rings. The number of carboxylic acids is 1. The van der Waals surface area contributed by atoms with Crippen LogP contribution in [-0.4, -0.2) is 29.1 Å². The molecule has 1 aliphatic heterocycles. The van der Waals surface area contributed by atoms with E-state index in [4.69, 9.17) is 5.11 Å². The van der Waals surface area contributed by atoms with E-state index in [1.807, 2.05) is 0 Å². The molecule has 0 atom stereocenters. The van der Waals surface area contributed by atoms with E-state index < -0.39 is 5.97 Å². The van der Waals surface area contributed by atoms with Gasteiger partial charge in [-0.3, -0.25) is 0 Å². The molecule has 0 aromatic rings. The van der Waals surface area contributed by atoms with Crippen LogP contribution in [0.25, 0.3) is 0 Å². The van der Waals surface area contributed by atoms with Gasteiger partial charge in [0.2, 0.25) is 0 Å². The zero-order valence-electron chi connectivity index (χ0n) is 8.78. The van der Waals surface area contributed by atoms with Gasteiger partial charge in [0.1, 0.15) is 0 Å². The Hall–Kier alpha value is -0.990. The second-order valence-corrected chi connectivity index (χ2v) is 3.92. The number of nitrogens with zero attached hydrogens (tertiary/aromatic N) is 1. The number of aliphatic carboxylic acids is 1. The van der Waals surface area contributed by atoms with Crippen LogP contribution in [0.5, 0.6) is 0 Å². The minimum atomic E-state index is -0.860. The van der Waals surface area contributed by atoms with Crippen molar-refractivity contribution in [1.29, 1.82) is 0 Å². The van der Waals surface area contributed by atoms with Crippen LogP contribution < -0.4 is 0 Å². The summed E-state index contributed by atoms with van der Waals surface area (Å²) in [7, 11) is 0. The molecule has 14 heavy (non-hydrogen) atoms. The lowest BCUT2D eigenvalue weighted by molar-refractivity contribution is -0.131. The van der Waals surface area contributed by atoms with Gasteiger partial charge in [0.05, 0.1) is 0 Å². The van der Waals surface area contributed by atoms with Crippen molar-refractivity contribution in [3.05, 3.63) is 12.3 Å². The summed E-state index contributed by atoms with van der Waals surface area (Å²) in [5, 5.41) is 8.47. The van der Waals surface area contributed by atoms with Gasteiger partial charge in [-0.15, -0.1) is 0 Å². The summed E-state index contributed by atoms with van der Waals surface area (Å²) in [4.78, 5) is 12.4. The van der Waals surface area contributed by atoms with Crippen molar-refractivity contribution in [2.45, 2.75) is 32.6 Å². The lowest BCUT2D eigenvalue weighted by Crippen LogP contribution is -2.29. The molecule has 80 valence electrons. The largest absolute Gasteiger partial charge is 0.478 e. The Morgan fingerprint density at radius 3 is 2.64 bits per heavy atom. The fourth-order valence-electron chi connectivity index (χ4n) is 1.97. The van der Waals surface area contributed by atoms with Crippen molar-refractivity contribution in [2.75, 3.05) is 13.1 Å². The van der Waals surface area contributed by atoms with Gasteiger partial charge in [-0.2, -0.15) is 0 Å². The highest BCUT2D eigenvalue weighted by Gasteiger charge is 2.15. The third-order valence-corrected chi connectivity index (χ3v) is 2.77. The molecule has 0 saturated carbocycles. The standard InChI is InChI=1S/C11H19NO2/c1-2-3-10-4-7-12(8-5-10)9-6-11(13)14/h6,9-10H,2-5,7-8H2,1H3,(H,13,14). The third kappa shape index (κ3) is 3.81. The van der Waals surface area contributed by atoms with Crippen molar-refractivity contribution in [1.82, 2.24) is 4.90 Å². The van der Waals surface area contributed by atoms with E-state index in [0.717, 1.165) is 19.0 Å². The average molecular weight is 197 g/mol. The Labute approximate surface area is 85.4 Å². The Kier molecular flexibility index (Phi) is 4.50. The number of carboxylic acid groups (broad SMARTS) is 1. The Morgan fingerprint density at radius 2 is 2.14 bits per heavy atom. The van der Waals surface area contributed by atoms with Crippen LogP contribution in [-0.2, 0) is 4.79 Å². The van der Waals surface area contributed by atoms with E-state index in [-0.39, 0.29) is 0 Å². The van der Waals surface area contributed by atoms with Crippen molar-refractivity contribution in [2.24, 2.45) is 5.92 Å². The minimum absolute atomic E-state index is 0.856. The molecule has 0 amide bonds. The molecule has 0 unspecified atom stereocenters. The highest BCUT2D eigenvalue weighted by Crippen LogP contribution is 2.21. The van der Waals surface area contributed by atoms with Gasteiger partial charge in [0, 0.05) is 25.4 Å². The summed E-state index contributed by atoms with van der Waals surface area (Å²) in [5.41, 5.74) is 0. The summed E-state index contributed by atoms with van der Waals surface area (Å²) < 4.78 is 0. The molecule has 1 fully saturated rings. The lowest BCUT2D eigenvalue weighted by Gasteiger charge is -2.30. The highest BCUT2D eigenvalue weighted by molar-refractivity contribution is 5.79. The predicted molar refractivity (Wildman–Crippen MR) is 56.0 cm³/mol. The van der Waals surface area contributed by atoms with Crippen LogP contribution in [0.2, 0.25) is 0 Å². The number of rotatable bonds is 4. The summed E-state index contributed by atoms with van der Waals surface area (Å²) >= 11 is 0. The van der Waals surface area contributed by atoms with Gasteiger partial charge >= 0.3 is 5.97 Å². The van der Waals surface area contributed by atoms with Crippen LogP contribution in [0.15, 0.2) is 12.3 Å². The second-order valence-electron chi connectivity index (χ2n) is 3.92. The van der Waals surface area contributed by atoms with Gasteiger partial charge in [-0.05, 0) is 18.8 Å². The van der Waals surface area contributed by atoms with Gasteiger partial charge in [-0.1, -0.05) is 19.8 Å². The molecule has 3 heteroatoms. The van der Waals surface area contributed by atoms with Crippen LogP contribution in [0.4, 0.5) is 0 Å². The zero-order valence-corrected chi connectivity index (χ0v) is 8.78. The first-order chi connectivity index (χ1) is 6.72. The first kappa shape index (κ1) is 11.1. The predicted octanol–water partition coefficient (Wildman–Crippen LogP) is 2.10. The summed E-state index contributed by atoms with van der Waals surface area (Å²) in [5.74, 6) is -0.00448. The zero-order chi connectivity index (χ0) is 10.4. The van der Waals surface area contributed by atoms with Crippen LogP contribution >= 0.6 is 0 Å². The summed E-state index contributed by atoms with van der Waals surface area (Å²) in [6.07, 6.45) is 7.91. The van der Waals surface area contributed by atoms with E-state index in [0.29, 0.717) is 0 Å². The average Bonchev–Trinajstić information content (AvgIpc) is 2.17. The lowest BCUT2D eigenvalue weighted by atomic mass is 9.93. The molecule has 0 spiro atoms. The van der Waals surface area contributed by atoms with Gasteiger partial charge in [-0.25, -0.2) is 4.79 Å². The Bertz CT molecular complexity index is 205. The van der Waals surface area contributed by atoms with E-state index in [2.05, 4.69) is 11.8 Å². The van der Waals surface area contributed by atoms with E-state index in [1.54, 1.807) is 6.20 Å². The monoisotopic (exact) mass is 197 g/mol. The van der Waals surface area contributed by atoms with Gasteiger partial charge < -0.3 is 10.0 Å². The fraction of sp³-hybridized carbons (Fsp3) is 0.727. The van der Waals surface area contributed by atoms with Crippen molar-refractivity contribution in [3.8, 4) is 0 Å². The second kappa shape index (κ2) is 5.68.